The van der Waals surface area contributed by atoms with Crippen LogP contribution in [0, 0.1) is 0 Å². The molecule has 0 spiro atoms. The lowest BCUT2D eigenvalue weighted by Gasteiger charge is -2.37. The lowest BCUT2D eigenvalue weighted by atomic mass is 9.99. The molecule has 1 fully saturated rings. The molecule has 0 aliphatic carbocycles. The average Bonchev–Trinajstić information content (AvgIpc) is 2.84. The summed E-state index contributed by atoms with van der Waals surface area (Å²) >= 11 is 6.28. The maximum absolute atomic E-state index is 12.9. The summed E-state index contributed by atoms with van der Waals surface area (Å²) in [4.78, 5) is 28.7. The van der Waals surface area contributed by atoms with Crippen molar-refractivity contribution in [2.75, 3.05) is 18.6 Å². The smallest absolute Gasteiger partial charge is 0.283 e. The van der Waals surface area contributed by atoms with Crippen molar-refractivity contribution in [3.63, 3.8) is 0 Å². The number of piperidine rings is 1. The van der Waals surface area contributed by atoms with Gasteiger partial charge in [-0.3, -0.25) is 9.59 Å². The van der Waals surface area contributed by atoms with Gasteiger partial charge in [-0.05, 0) is 49.9 Å². The Hall–Kier alpha value is -2.01. The second-order valence-corrected chi connectivity index (χ2v) is 6.44. The third-order valence-corrected chi connectivity index (χ3v) is 5.06. The standard InChI is InChI=1S/C18H21ClN2O3/c1-3-12-6-4-5-11-20(12)16-15(19)17(22)21(18(16)23)13-7-9-14(24-2)10-8-13/h7-10,12H,3-6,11H2,1-2H3. The molecule has 1 aromatic rings. The summed E-state index contributed by atoms with van der Waals surface area (Å²) in [6.45, 7) is 2.86. The predicted octanol–water partition coefficient (Wildman–Crippen LogP) is 3.28. The third kappa shape index (κ3) is 2.77. The summed E-state index contributed by atoms with van der Waals surface area (Å²) in [5.74, 6) is -0.128. The molecule has 128 valence electrons. The molecule has 0 aromatic heterocycles. The number of carbonyl (C=O) groups is 2. The first kappa shape index (κ1) is 16.8. The zero-order valence-corrected chi connectivity index (χ0v) is 14.7. The summed E-state index contributed by atoms with van der Waals surface area (Å²) in [7, 11) is 1.57. The van der Waals surface area contributed by atoms with Crippen molar-refractivity contribution in [1.82, 2.24) is 4.90 Å². The largest absolute Gasteiger partial charge is 0.497 e. The van der Waals surface area contributed by atoms with Crippen LogP contribution in [0.25, 0.3) is 0 Å². The van der Waals surface area contributed by atoms with E-state index in [1.165, 1.54) is 0 Å². The van der Waals surface area contributed by atoms with Gasteiger partial charge < -0.3 is 9.64 Å². The third-order valence-electron chi connectivity index (χ3n) is 4.72. The Bertz CT molecular complexity index is 684. The van der Waals surface area contributed by atoms with Crippen LogP contribution in [0.1, 0.15) is 32.6 Å². The molecular formula is C18H21ClN2O3. The zero-order valence-electron chi connectivity index (χ0n) is 13.9. The quantitative estimate of drug-likeness (QED) is 0.783. The molecule has 1 saturated heterocycles. The van der Waals surface area contributed by atoms with Crippen LogP contribution < -0.4 is 9.64 Å². The van der Waals surface area contributed by atoms with Crippen molar-refractivity contribution in [3.05, 3.63) is 35.0 Å². The van der Waals surface area contributed by atoms with Crippen LogP contribution in [0.4, 0.5) is 5.69 Å². The monoisotopic (exact) mass is 348 g/mol. The summed E-state index contributed by atoms with van der Waals surface area (Å²) in [5.41, 5.74) is 0.855. The number of carbonyl (C=O) groups excluding carboxylic acids is 2. The highest BCUT2D eigenvalue weighted by atomic mass is 35.5. The molecular weight excluding hydrogens is 328 g/mol. The van der Waals surface area contributed by atoms with Crippen molar-refractivity contribution in [2.45, 2.75) is 38.6 Å². The van der Waals surface area contributed by atoms with Crippen molar-refractivity contribution in [1.29, 1.82) is 0 Å². The van der Waals surface area contributed by atoms with Crippen molar-refractivity contribution >= 4 is 29.1 Å². The Kier molecular flexibility index (Phi) is 4.81. The number of methoxy groups -OCH3 is 1. The van der Waals surface area contributed by atoms with Gasteiger partial charge in [-0.2, -0.15) is 0 Å². The summed E-state index contributed by atoms with van der Waals surface area (Å²) in [6.07, 6.45) is 4.10. The van der Waals surface area contributed by atoms with Gasteiger partial charge in [-0.15, -0.1) is 0 Å². The number of amides is 2. The van der Waals surface area contributed by atoms with Gasteiger partial charge in [0.15, 0.2) is 0 Å². The molecule has 1 atom stereocenters. The predicted molar refractivity (Wildman–Crippen MR) is 93.0 cm³/mol. The Morgan fingerprint density at radius 2 is 1.88 bits per heavy atom. The van der Waals surface area contributed by atoms with Gasteiger partial charge in [0.1, 0.15) is 16.5 Å². The van der Waals surface area contributed by atoms with E-state index in [0.29, 0.717) is 17.1 Å². The first-order valence-corrected chi connectivity index (χ1v) is 8.65. The van der Waals surface area contributed by atoms with Gasteiger partial charge in [0.2, 0.25) is 0 Å². The molecule has 3 rings (SSSR count). The molecule has 1 unspecified atom stereocenters. The molecule has 2 aliphatic heterocycles. The summed E-state index contributed by atoms with van der Waals surface area (Å²) < 4.78 is 5.12. The number of imide groups is 1. The van der Waals surface area contributed by atoms with Crippen LogP contribution in [-0.4, -0.2) is 36.4 Å². The number of halogens is 1. The summed E-state index contributed by atoms with van der Waals surface area (Å²) in [5, 5.41) is 0.0242. The van der Waals surface area contributed by atoms with Gasteiger partial charge in [0, 0.05) is 12.6 Å². The normalized spacial score (nSPS) is 21.7. The van der Waals surface area contributed by atoms with Crippen LogP contribution in [-0.2, 0) is 9.59 Å². The minimum atomic E-state index is -0.456. The Labute approximate surface area is 146 Å². The Morgan fingerprint density at radius 1 is 1.17 bits per heavy atom. The molecule has 5 nitrogen and oxygen atoms in total. The number of nitrogens with zero attached hydrogens (tertiary/aromatic N) is 2. The number of hydrogen-bond acceptors (Lipinski definition) is 4. The second-order valence-electron chi connectivity index (χ2n) is 6.06. The van der Waals surface area contributed by atoms with E-state index in [4.69, 9.17) is 16.3 Å². The highest BCUT2D eigenvalue weighted by Crippen LogP contribution is 2.35. The number of hydrogen-bond donors (Lipinski definition) is 0. The highest BCUT2D eigenvalue weighted by molar-refractivity contribution is 6.52. The fraction of sp³-hybridized carbons (Fsp3) is 0.444. The van der Waals surface area contributed by atoms with E-state index in [9.17, 15) is 9.59 Å². The second kappa shape index (κ2) is 6.85. The molecule has 0 bridgehead atoms. The summed E-state index contributed by atoms with van der Waals surface area (Å²) in [6, 6.07) is 7.08. The highest BCUT2D eigenvalue weighted by Gasteiger charge is 2.43. The first-order chi connectivity index (χ1) is 11.6. The van der Waals surface area contributed by atoms with E-state index in [-0.39, 0.29) is 17.0 Å². The van der Waals surface area contributed by atoms with E-state index in [0.717, 1.165) is 37.1 Å². The van der Waals surface area contributed by atoms with E-state index in [1.54, 1.807) is 31.4 Å². The zero-order chi connectivity index (χ0) is 17.3. The maximum Gasteiger partial charge on any atom is 0.283 e. The SMILES string of the molecule is CCC1CCCCN1C1=C(Cl)C(=O)N(c2ccc(OC)cc2)C1=O. The molecule has 0 N–H and O–H groups in total. The number of benzene rings is 1. The number of likely N-dealkylation sites (tertiary alicyclic amines) is 1. The fourth-order valence-corrected chi connectivity index (χ4v) is 3.70. The average molecular weight is 349 g/mol. The van der Waals surface area contributed by atoms with E-state index >= 15 is 0 Å². The number of rotatable bonds is 4. The van der Waals surface area contributed by atoms with Gasteiger partial charge in [-0.25, -0.2) is 4.90 Å². The molecule has 1 aromatic carbocycles. The lowest BCUT2D eigenvalue weighted by molar-refractivity contribution is -0.121. The van der Waals surface area contributed by atoms with Gasteiger partial charge in [-0.1, -0.05) is 18.5 Å². The number of anilines is 1. The molecule has 2 amide bonds. The van der Waals surface area contributed by atoms with Crippen molar-refractivity contribution < 1.29 is 14.3 Å². The van der Waals surface area contributed by atoms with Crippen molar-refractivity contribution in [3.8, 4) is 5.75 Å². The maximum atomic E-state index is 12.9. The minimum absolute atomic E-state index is 0.0242. The van der Waals surface area contributed by atoms with Crippen molar-refractivity contribution in [2.24, 2.45) is 0 Å². The van der Waals surface area contributed by atoms with Gasteiger partial charge in [0.25, 0.3) is 11.8 Å². The Balaban J connectivity index is 1.92. The van der Waals surface area contributed by atoms with Crippen LogP contribution in [0.2, 0.25) is 0 Å². The Morgan fingerprint density at radius 3 is 2.50 bits per heavy atom. The van der Waals surface area contributed by atoms with Gasteiger partial charge in [0.05, 0.1) is 12.8 Å². The topological polar surface area (TPSA) is 49.9 Å². The van der Waals surface area contributed by atoms with E-state index in [1.807, 2.05) is 4.90 Å². The van der Waals surface area contributed by atoms with E-state index < -0.39 is 5.91 Å². The lowest BCUT2D eigenvalue weighted by Crippen LogP contribution is -2.42. The molecule has 0 saturated carbocycles. The molecule has 24 heavy (non-hydrogen) atoms. The minimum Gasteiger partial charge on any atom is -0.497 e. The van der Waals surface area contributed by atoms with Crippen LogP contribution in [0.5, 0.6) is 5.75 Å². The molecule has 2 aliphatic rings. The van der Waals surface area contributed by atoms with Crippen LogP contribution in [0.3, 0.4) is 0 Å². The van der Waals surface area contributed by atoms with Gasteiger partial charge >= 0.3 is 0 Å². The van der Waals surface area contributed by atoms with E-state index in [2.05, 4.69) is 6.92 Å². The molecule has 0 radical (unpaired) electrons. The molecule has 6 heteroatoms. The first-order valence-electron chi connectivity index (χ1n) is 8.27. The fourth-order valence-electron chi connectivity index (χ4n) is 3.43. The van der Waals surface area contributed by atoms with Crippen LogP contribution in [0.15, 0.2) is 35.0 Å². The molecule has 2 heterocycles. The number of ether oxygens (including phenoxy) is 1. The van der Waals surface area contributed by atoms with Crippen LogP contribution >= 0.6 is 11.6 Å².